The van der Waals surface area contributed by atoms with Crippen LogP contribution >= 0.6 is 24.0 Å². The summed E-state index contributed by atoms with van der Waals surface area (Å²) >= 11 is 0. The summed E-state index contributed by atoms with van der Waals surface area (Å²) in [5, 5.41) is 11.2. The lowest BCUT2D eigenvalue weighted by Gasteiger charge is -2.40. The molecule has 1 aromatic carbocycles. The summed E-state index contributed by atoms with van der Waals surface area (Å²) in [5.74, 6) is 3.16. The van der Waals surface area contributed by atoms with Gasteiger partial charge in [0.05, 0.1) is 12.8 Å². The molecule has 1 fully saturated rings. The standard InChI is InChI=1S/C24H37N5O2.HI/c1-6-21-20(22(7-2)31-28-21)16-27-24(25-3)26-15-18-9-8-14-29(4)23(18)17-10-12-19(30-5)13-11-17;/h10-13,18,23H,6-9,14-16H2,1-5H3,(H2,25,26,27);1H. The highest BCUT2D eigenvalue weighted by molar-refractivity contribution is 14.0. The lowest BCUT2D eigenvalue weighted by Crippen LogP contribution is -2.45. The molecule has 2 aromatic rings. The largest absolute Gasteiger partial charge is 0.497 e. The first kappa shape index (κ1) is 26.4. The topological polar surface area (TPSA) is 74.9 Å². The number of nitrogens with zero attached hydrogens (tertiary/aromatic N) is 3. The predicted octanol–water partition coefficient (Wildman–Crippen LogP) is 4.17. The Morgan fingerprint density at radius 3 is 2.59 bits per heavy atom. The Kier molecular flexibility index (Phi) is 10.8. The maximum Gasteiger partial charge on any atom is 0.191 e. The highest BCUT2D eigenvalue weighted by atomic mass is 127. The molecule has 1 aromatic heterocycles. The third-order valence-electron chi connectivity index (χ3n) is 6.26. The number of piperidine rings is 1. The van der Waals surface area contributed by atoms with E-state index in [9.17, 15) is 0 Å². The van der Waals surface area contributed by atoms with Gasteiger partial charge in [-0.1, -0.05) is 31.1 Å². The molecule has 2 atom stereocenters. The summed E-state index contributed by atoms with van der Waals surface area (Å²) in [7, 11) is 5.75. The molecule has 2 N–H and O–H groups in total. The van der Waals surface area contributed by atoms with Gasteiger partial charge in [0.15, 0.2) is 5.96 Å². The summed E-state index contributed by atoms with van der Waals surface area (Å²) < 4.78 is 10.8. The Labute approximate surface area is 209 Å². The number of ether oxygens (including phenoxy) is 1. The fraction of sp³-hybridized carbons (Fsp3) is 0.583. The zero-order valence-corrected chi connectivity index (χ0v) is 22.3. The Morgan fingerprint density at radius 1 is 1.22 bits per heavy atom. The van der Waals surface area contributed by atoms with Gasteiger partial charge in [-0.25, -0.2) is 0 Å². The maximum absolute atomic E-state index is 5.48. The van der Waals surface area contributed by atoms with Crippen molar-refractivity contribution in [3.63, 3.8) is 0 Å². The Balaban J connectivity index is 0.00000363. The number of hydrogen-bond donors (Lipinski definition) is 2. The van der Waals surface area contributed by atoms with Crippen LogP contribution in [0.15, 0.2) is 33.8 Å². The summed E-state index contributed by atoms with van der Waals surface area (Å²) in [4.78, 5) is 6.90. The molecule has 2 heterocycles. The third kappa shape index (κ3) is 6.37. The van der Waals surface area contributed by atoms with Crippen molar-refractivity contribution in [2.75, 3.05) is 34.3 Å². The molecule has 2 unspecified atom stereocenters. The SMILES string of the molecule is CCc1noc(CC)c1CNC(=NC)NCC1CCCN(C)C1c1ccc(OC)cc1.I. The molecule has 0 amide bonds. The second kappa shape index (κ2) is 13.0. The molecular weight excluding hydrogens is 517 g/mol. The number of aromatic nitrogens is 1. The van der Waals surface area contributed by atoms with Crippen molar-refractivity contribution in [2.24, 2.45) is 10.9 Å². The van der Waals surface area contributed by atoms with E-state index in [1.54, 1.807) is 7.11 Å². The molecule has 8 heteroatoms. The number of nitrogens with one attached hydrogen (secondary N) is 2. The summed E-state index contributed by atoms with van der Waals surface area (Å²) in [6.45, 7) is 6.85. The molecule has 0 spiro atoms. The van der Waals surface area contributed by atoms with E-state index in [0.29, 0.717) is 18.5 Å². The first-order valence-electron chi connectivity index (χ1n) is 11.4. The minimum atomic E-state index is 0. The predicted molar refractivity (Wildman–Crippen MR) is 140 cm³/mol. The number of aliphatic imine (C=N–C) groups is 1. The van der Waals surface area contributed by atoms with Crippen molar-refractivity contribution < 1.29 is 9.26 Å². The molecule has 0 radical (unpaired) electrons. The zero-order chi connectivity index (χ0) is 22.2. The second-order valence-corrected chi connectivity index (χ2v) is 8.15. The van der Waals surface area contributed by atoms with Gasteiger partial charge in [-0.05, 0) is 56.5 Å². The maximum atomic E-state index is 5.48. The third-order valence-corrected chi connectivity index (χ3v) is 6.26. The first-order chi connectivity index (χ1) is 15.1. The molecule has 3 rings (SSSR count). The number of rotatable bonds is 8. The van der Waals surface area contributed by atoms with Crippen molar-refractivity contribution in [3.05, 3.63) is 46.8 Å². The van der Waals surface area contributed by atoms with Crippen LogP contribution in [-0.4, -0.2) is 50.3 Å². The molecule has 1 saturated heterocycles. The van der Waals surface area contributed by atoms with Gasteiger partial charge in [0.2, 0.25) is 0 Å². The zero-order valence-electron chi connectivity index (χ0n) is 20.0. The van der Waals surface area contributed by atoms with Crippen LogP contribution in [0, 0.1) is 5.92 Å². The fourth-order valence-electron chi connectivity index (χ4n) is 4.56. The van der Waals surface area contributed by atoms with Crippen LogP contribution < -0.4 is 15.4 Å². The van der Waals surface area contributed by atoms with Gasteiger partial charge in [-0.3, -0.25) is 9.89 Å². The minimum absolute atomic E-state index is 0. The van der Waals surface area contributed by atoms with Crippen molar-refractivity contribution in [2.45, 2.75) is 52.1 Å². The average molecular weight is 556 g/mol. The lowest BCUT2D eigenvalue weighted by molar-refractivity contribution is 0.122. The fourth-order valence-corrected chi connectivity index (χ4v) is 4.56. The number of methoxy groups -OCH3 is 1. The molecule has 32 heavy (non-hydrogen) atoms. The van der Waals surface area contributed by atoms with E-state index in [4.69, 9.17) is 9.26 Å². The van der Waals surface area contributed by atoms with E-state index in [-0.39, 0.29) is 24.0 Å². The van der Waals surface area contributed by atoms with Gasteiger partial charge < -0.3 is 19.9 Å². The molecule has 0 bridgehead atoms. The number of likely N-dealkylation sites (tertiary alicyclic amines) is 1. The van der Waals surface area contributed by atoms with Crippen LogP contribution in [-0.2, 0) is 19.4 Å². The van der Waals surface area contributed by atoms with Crippen molar-refractivity contribution in [3.8, 4) is 5.75 Å². The van der Waals surface area contributed by atoms with E-state index in [1.807, 2.05) is 7.05 Å². The van der Waals surface area contributed by atoms with Gasteiger partial charge in [0, 0.05) is 38.2 Å². The number of benzene rings is 1. The summed E-state index contributed by atoms with van der Waals surface area (Å²) in [6.07, 6.45) is 4.11. The van der Waals surface area contributed by atoms with Gasteiger partial charge in [0.25, 0.3) is 0 Å². The second-order valence-electron chi connectivity index (χ2n) is 8.15. The van der Waals surface area contributed by atoms with E-state index >= 15 is 0 Å². The van der Waals surface area contributed by atoms with Gasteiger partial charge in [-0.15, -0.1) is 24.0 Å². The molecular formula is C24H38IN5O2. The van der Waals surface area contributed by atoms with E-state index in [2.05, 4.69) is 70.8 Å². The van der Waals surface area contributed by atoms with Crippen molar-refractivity contribution in [1.29, 1.82) is 0 Å². The number of aryl methyl sites for hydroxylation is 2. The van der Waals surface area contributed by atoms with E-state index < -0.39 is 0 Å². The molecule has 1 aliphatic heterocycles. The van der Waals surface area contributed by atoms with Gasteiger partial charge in [-0.2, -0.15) is 0 Å². The monoisotopic (exact) mass is 555 g/mol. The number of halogens is 1. The van der Waals surface area contributed by atoms with Gasteiger partial charge >= 0.3 is 0 Å². The lowest BCUT2D eigenvalue weighted by atomic mass is 9.85. The van der Waals surface area contributed by atoms with Crippen molar-refractivity contribution in [1.82, 2.24) is 20.7 Å². The highest BCUT2D eigenvalue weighted by Gasteiger charge is 2.30. The summed E-state index contributed by atoms with van der Waals surface area (Å²) in [6, 6.07) is 8.87. The van der Waals surface area contributed by atoms with Crippen LogP contribution in [0.1, 0.15) is 55.3 Å². The molecule has 1 aliphatic rings. The highest BCUT2D eigenvalue weighted by Crippen LogP contribution is 2.35. The minimum Gasteiger partial charge on any atom is -0.497 e. The molecule has 178 valence electrons. The average Bonchev–Trinajstić information content (AvgIpc) is 3.21. The first-order valence-corrected chi connectivity index (χ1v) is 11.4. The number of hydrogen-bond acceptors (Lipinski definition) is 5. The Morgan fingerprint density at radius 2 is 1.97 bits per heavy atom. The quantitative estimate of drug-likeness (QED) is 0.290. The van der Waals surface area contributed by atoms with Crippen LogP contribution in [0.2, 0.25) is 0 Å². The summed E-state index contributed by atoms with van der Waals surface area (Å²) in [5.41, 5.74) is 3.51. The Hall–Kier alpha value is -1.81. The Bertz CT molecular complexity index is 831. The van der Waals surface area contributed by atoms with Crippen LogP contribution in [0.5, 0.6) is 5.75 Å². The van der Waals surface area contributed by atoms with Crippen LogP contribution in [0.25, 0.3) is 0 Å². The van der Waals surface area contributed by atoms with Crippen LogP contribution in [0.4, 0.5) is 0 Å². The molecule has 0 aliphatic carbocycles. The number of guanidine groups is 1. The van der Waals surface area contributed by atoms with E-state index in [0.717, 1.165) is 54.7 Å². The molecule has 7 nitrogen and oxygen atoms in total. The smallest absolute Gasteiger partial charge is 0.191 e. The van der Waals surface area contributed by atoms with Crippen LogP contribution in [0.3, 0.4) is 0 Å². The molecule has 0 saturated carbocycles. The van der Waals surface area contributed by atoms with Gasteiger partial charge in [0.1, 0.15) is 11.5 Å². The van der Waals surface area contributed by atoms with Crippen molar-refractivity contribution >= 4 is 29.9 Å². The van der Waals surface area contributed by atoms with E-state index in [1.165, 1.54) is 18.4 Å². The normalized spacial score (nSPS) is 19.3.